The van der Waals surface area contributed by atoms with Crippen LogP contribution in [0.5, 0.6) is 0 Å². The van der Waals surface area contributed by atoms with Crippen LogP contribution >= 0.6 is 0 Å². The minimum Gasteiger partial charge on any atom is -0.478 e. The molecule has 1 heterocycles. The maximum absolute atomic E-state index is 11.6. The fourth-order valence-electron chi connectivity index (χ4n) is 4.97. The number of aryl methyl sites for hydroxylation is 1. The van der Waals surface area contributed by atoms with Gasteiger partial charge in [0.15, 0.2) is 0 Å². The molecular weight excluding hydrogens is 366 g/mol. The molecule has 2 aliphatic rings. The van der Waals surface area contributed by atoms with E-state index in [-0.39, 0.29) is 11.6 Å². The van der Waals surface area contributed by atoms with Gasteiger partial charge in [-0.25, -0.2) is 9.59 Å². The predicted octanol–water partition coefficient (Wildman–Crippen LogP) is 3.99. The topological polar surface area (TPSA) is 77.8 Å². The van der Waals surface area contributed by atoms with Gasteiger partial charge in [-0.2, -0.15) is 0 Å². The Kier molecular flexibility index (Phi) is 5.14. The first-order chi connectivity index (χ1) is 13.9. The Bertz CT molecular complexity index is 963. The molecule has 1 fully saturated rings. The lowest BCUT2D eigenvalue weighted by Gasteiger charge is -2.45. The number of carboxylic acid groups (broad SMARTS) is 2. The second kappa shape index (κ2) is 7.74. The van der Waals surface area contributed by atoms with Gasteiger partial charge in [0.05, 0.1) is 6.08 Å². The molecule has 3 atom stereocenters. The number of fused-ring (bicyclic) bond motifs is 3. The summed E-state index contributed by atoms with van der Waals surface area (Å²) in [6.45, 7) is 3.19. The lowest BCUT2D eigenvalue weighted by Crippen LogP contribution is -2.43. The van der Waals surface area contributed by atoms with E-state index in [1.165, 1.54) is 22.3 Å². The Morgan fingerprint density at radius 2 is 1.72 bits per heavy atom. The number of likely N-dealkylation sites (tertiary alicyclic amines) is 1. The number of carbonyl (C=O) groups is 2. The van der Waals surface area contributed by atoms with Crippen LogP contribution in [0.1, 0.15) is 46.9 Å². The van der Waals surface area contributed by atoms with E-state index in [9.17, 15) is 14.7 Å². The van der Waals surface area contributed by atoms with Crippen molar-refractivity contribution in [3.05, 3.63) is 82.6 Å². The average Bonchev–Trinajstić information content (AvgIpc) is 2.71. The number of hydrogen-bond acceptors (Lipinski definition) is 3. The zero-order chi connectivity index (χ0) is 20.5. The maximum atomic E-state index is 11.6. The molecule has 150 valence electrons. The molecule has 1 aliphatic heterocycles. The van der Waals surface area contributed by atoms with Crippen molar-refractivity contribution in [1.82, 2.24) is 4.90 Å². The van der Waals surface area contributed by atoms with Crippen LogP contribution in [0, 0.1) is 12.8 Å². The van der Waals surface area contributed by atoms with Gasteiger partial charge in [0.25, 0.3) is 0 Å². The smallest absolute Gasteiger partial charge is 0.352 e. The summed E-state index contributed by atoms with van der Waals surface area (Å²) in [5.41, 5.74) is 5.00. The van der Waals surface area contributed by atoms with Gasteiger partial charge in [0.2, 0.25) is 0 Å². The van der Waals surface area contributed by atoms with Crippen molar-refractivity contribution in [3.63, 3.8) is 0 Å². The highest BCUT2D eigenvalue weighted by Crippen LogP contribution is 2.48. The molecule has 0 spiro atoms. The van der Waals surface area contributed by atoms with Gasteiger partial charge < -0.3 is 15.1 Å². The molecule has 2 aromatic carbocycles. The third-order valence-corrected chi connectivity index (χ3v) is 6.36. The largest absolute Gasteiger partial charge is 0.478 e. The van der Waals surface area contributed by atoms with E-state index in [0.717, 1.165) is 18.9 Å². The van der Waals surface area contributed by atoms with Gasteiger partial charge in [0.1, 0.15) is 5.70 Å². The second-order valence-electron chi connectivity index (χ2n) is 8.10. The zero-order valence-electron chi connectivity index (χ0n) is 16.4. The molecule has 0 amide bonds. The Balaban J connectivity index is 1.68. The van der Waals surface area contributed by atoms with E-state index in [1.807, 2.05) is 6.07 Å². The Morgan fingerprint density at radius 1 is 1.03 bits per heavy atom. The first kappa shape index (κ1) is 19.2. The Morgan fingerprint density at radius 3 is 2.38 bits per heavy atom. The van der Waals surface area contributed by atoms with Crippen LogP contribution in [-0.2, 0) is 9.59 Å². The highest BCUT2D eigenvalue weighted by atomic mass is 16.4. The molecule has 1 aliphatic carbocycles. The number of piperidine rings is 1. The van der Waals surface area contributed by atoms with E-state index < -0.39 is 11.9 Å². The molecule has 0 saturated carbocycles. The lowest BCUT2D eigenvalue weighted by atomic mass is 9.66. The van der Waals surface area contributed by atoms with Gasteiger partial charge in [-0.05, 0) is 42.4 Å². The lowest BCUT2D eigenvalue weighted by molar-refractivity contribution is -0.136. The third-order valence-electron chi connectivity index (χ3n) is 6.36. The number of benzene rings is 2. The van der Waals surface area contributed by atoms with Crippen molar-refractivity contribution < 1.29 is 19.8 Å². The van der Waals surface area contributed by atoms with E-state index in [0.29, 0.717) is 24.9 Å². The third kappa shape index (κ3) is 3.77. The molecule has 0 radical (unpaired) electrons. The van der Waals surface area contributed by atoms with Gasteiger partial charge in [-0.3, -0.25) is 0 Å². The normalized spacial score (nSPS) is 23.8. The number of nitrogens with zero attached hydrogens (tertiary/aromatic N) is 1. The van der Waals surface area contributed by atoms with Crippen molar-refractivity contribution in [2.75, 3.05) is 13.1 Å². The molecule has 3 unspecified atom stereocenters. The molecular formula is C24H25NO4. The zero-order valence-corrected chi connectivity index (χ0v) is 16.4. The molecule has 2 aromatic rings. The van der Waals surface area contributed by atoms with Gasteiger partial charge >= 0.3 is 11.9 Å². The van der Waals surface area contributed by atoms with Crippen LogP contribution in [0.3, 0.4) is 0 Å². The number of hydrogen-bond donors (Lipinski definition) is 2. The summed E-state index contributed by atoms with van der Waals surface area (Å²) in [6.07, 6.45) is 2.70. The van der Waals surface area contributed by atoms with Crippen LogP contribution in [-0.4, -0.2) is 40.1 Å². The molecule has 29 heavy (non-hydrogen) atoms. The van der Waals surface area contributed by atoms with Crippen molar-refractivity contribution >= 4 is 11.9 Å². The van der Waals surface area contributed by atoms with Crippen molar-refractivity contribution in [2.45, 2.75) is 31.6 Å². The standard InChI is InChI=1S/C24H25NO4/c1-15-6-8-16(9-7-15)20-12-17-10-11-25(22(24(28)29)13-23(26)27)14-21(17)19-5-3-2-4-18(19)20/h2-9,13,17,20-21H,10-12,14H2,1H3,(H,26,27)(H,28,29). The van der Waals surface area contributed by atoms with Gasteiger partial charge in [0, 0.05) is 24.9 Å². The molecule has 2 N–H and O–H groups in total. The van der Waals surface area contributed by atoms with Crippen LogP contribution in [0.25, 0.3) is 0 Å². The highest BCUT2D eigenvalue weighted by Gasteiger charge is 2.39. The Hall–Kier alpha value is -3.08. The Labute approximate surface area is 170 Å². The first-order valence-electron chi connectivity index (χ1n) is 10.0. The molecule has 5 nitrogen and oxygen atoms in total. The fraction of sp³-hybridized carbons (Fsp3) is 0.333. The summed E-state index contributed by atoms with van der Waals surface area (Å²) in [5, 5.41) is 18.6. The molecule has 4 rings (SSSR count). The fourth-order valence-corrected chi connectivity index (χ4v) is 4.97. The molecule has 0 bridgehead atoms. The van der Waals surface area contributed by atoms with E-state index in [1.54, 1.807) is 4.90 Å². The summed E-state index contributed by atoms with van der Waals surface area (Å²) in [7, 11) is 0. The average molecular weight is 391 g/mol. The summed E-state index contributed by atoms with van der Waals surface area (Å²) in [5.74, 6) is -1.42. The maximum Gasteiger partial charge on any atom is 0.352 e. The van der Waals surface area contributed by atoms with Crippen LogP contribution < -0.4 is 0 Å². The predicted molar refractivity (Wildman–Crippen MR) is 110 cm³/mol. The summed E-state index contributed by atoms with van der Waals surface area (Å²) < 4.78 is 0. The quantitative estimate of drug-likeness (QED) is 0.771. The van der Waals surface area contributed by atoms with Crippen molar-refractivity contribution in [1.29, 1.82) is 0 Å². The number of rotatable bonds is 4. The molecule has 5 heteroatoms. The van der Waals surface area contributed by atoms with Crippen LogP contribution in [0.2, 0.25) is 0 Å². The number of aliphatic carboxylic acids is 2. The van der Waals surface area contributed by atoms with E-state index in [4.69, 9.17) is 5.11 Å². The second-order valence-corrected chi connectivity index (χ2v) is 8.10. The van der Waals surface area contributed by atoms with E-state index >= 15 is 0 Å². The van der Waals surface area contributed by atoms with Crippen molar-refractivity contribution in [3.8, 4) is 0 Å². The van der Waals surface area contributed by atoms with Gasteiger partial charge in [-0.15, -0.1) is 0 Å². The van der Waals surface area contributed by atoms with Gasteiger partial charge in [-0.1, -0.05) is 54.1 Å². The van der Waals surface area contributed by atoms with Crippen LogP contribution in [0.4, 0.5) is 0 Å². The highest BCUT2D eigenvalue weighted by molar-refractivity contribution is 5.94. The summed E-state index contributed by atoms with van der Waals surface area (Å²) >= 11 is 0. The summed E-state index contributed by atoms with van der Waals surface area (Å²) in [4.78, 5) is 24.4. The van der Waals surface area contributed by atoms with Crippen molar-refractivity contribution in [2.24, 2.45) is 5.92 Å². The van der Waals surface area contributed by atoms with Crippen LogP contribution in [0.15, 0.2) is 60.3 Å². The van der Waals surface area contributed by atoms with E-state index in [2.05, 4.69) is 49.4 Å². The molecule has 1 saturated heterocycles. The monoisotopic (exact) mass is 391 g/mol. The minimum atomic E-state index is -1.23. The minimum absolute atomic E-state index is 0.130. The number of carboxylic acids is 2. The first-order valence-corrected chi connectivity index (χ1v) is 10.0. The molecule has 0 aromatic heterocycles. The summed E-state index contributed by atoms with van der Waals surface area (Å²) in [6, 6.07) is 17.2. The SMILES string of the molecule is Cc1ccc(C2CC3CCN(C(=CC(=O)O)C(=O)O)CC3c3ccccc32)cc1.